The number of carbonyl (C=O) groups is 6. The number of esters is 3. The minimum Gasteiger partial charge on any atom is -0.493 e. The number of hydrogen-bond acceptors (Lipinski definition) is 20. The number of pyridine rings is 1. The van der Waals surface area contributed by atoms with Crippen LogP contribution in [0.2, 0.25) is 0 Å². The van der Waals surface area contributed by atoms with Crippen LogP contribution in [0, 0.1) is 62.6 Å². The molecule has 732 valence electrons. The maximum Gasteiger partial charge on any atom is 0.408 e. The van der Waals surface area contributed by atoms with Gasteiger partial charge in [-0.2, -0.15) is 39.5 Å². The van der Waals surface area contributed by atoms with Gasteiger partial charge in [0.05, 0.1) is 57.8 Å². The molecule has 6 heterocycles. The van der Waals surface area contributed by atoms with Gasteiger partial charge in [-0.15, -0.1) is 0 Å². The summed E-state index contributed by atoms with van der Waals surface area (Å²) in [5.74, 6) is -14.1. The van der Waals surface area contributed by atoms with E-state index in [9.17, 15) is 119 Å². The summed E-state index contributed by atoms with van der Waals surface area (Å²) in [5, 5.41) is 12.8. The lowest BCUT2D eigenvalue weighted by Gasteiger charge is -2.26. The van der Waals surface area contributed by atoms with Crippen LogP contribution in [0.3, 0.4) is 0 Å². The van der Waals surface area contributed by atoms with Crippen LogP contribution < -0.4 is 74.2 Å². The molecule has 6 aromatic carbocycles. The Hall–Kier alpha value is -13.8. The second-order valence-corrected chi connectivity index (χ2v) is 32.5. The molecule has 9 aromatic rings. The zero-order chi connectivity index (χ0) is 101. The summed E-state index contributed by atoms with van der Waals surface area (Å²) >= 11 is 0. The molecule has 0 radical (unpaired) electrons. The standard InChI is InChI=1S/2C31H33F5N4O6.C31H32F5N3O5/c2*1-6-23(31(34,35)36)37-17-13-20(32)25(21(33)14-17)27(41)38-22(29(43)45-5)12-16-9-10-19(26-18(16)8-7-11-46-26)24-15(2)39(3)30(44)40(4)28(24)42;1-15-11-16(2)39(4)29(41)25(15)21-9-8-18(20-7-6-10-44-27(20)21)12-24(30(42)43-5)38-28(40)26-22(32)13-19(14-23(26)33)37-17(3)31(34,35)36/h2*9-10,13-14,22-23,37H,6-8,11-12H2,1-5H3,(H,38,41);8-9,11,13-14,17,24,37H,6-7,10,12H2,1-5H3,(H,38,40)/t2*22-,23+;17-,24+/m001/s1. The predicted molar refractivity (Wildman–Crippen MR) is 469 cm³/mol. The number of ether oxygens (including phenoxy) is 6. The third-order valence-electron chi connectivity index (χ3n) is 23.7. The van der Waals surface area contributed by atoms with Crippen molar-refractivity contribution in [2.45, 2.75) is 174 Å². The number of anilines is 3. The van der Waals surface area contributed by atoms with E-state index in [1.807, 2.05) is 35.9 Å². The fraction of sp³-hybridized carbons (Fsp3) is 0.409. The third-order valence-corrected chi connectivity index (χ3v) is 23.7. The highest BCUT2D eigenvalue weighted by Gasteiger charge is 2.42. The lowest BCUT2D eigenvalue weighted by Crippen LogP contribution is -2.44. The first-order valence-corrected chi connectivity index (χ1v) is 42.5. The smallest absolute Gasteiger partial charge is 0.408 e. The molecule has 28 nitrogen and oxygen atoms in total. The van der Waals surface area contributed by atoms with E-state index in [0.717, 1.165) is 48.6 Å². The van der Waals surface area contributed by atoms with Crippen LogP contribution >= 0.6 is 0 Å². The molecule has 0 aliphatic carbocycles. The molecule has 0 spiro atoms. The number of nitrogens with one attached hydrogen (secondary N) is 6. The summed E-state index contributed by atoms with van der Waals surface area (Å²) in [4.78, 5) is 142. The van der Waals surface area contributed by atoms with Crippen molar-refractivity contribution >= 4 is 52.7 Å². The number of alkyl halides is 9. The molecule has 6 atom stereocenters. The highest BCUT2D eigenvalue weighted by Crippen LogP contribution is 2.44. The number of aryl methyl sites for hydroxylation is 2. The Bertz CT molecular complexity index is 6150. The van der Waals surface area contributed by atoms with E-state index >= 15 is 0 Å². The van der Waals surface area contributed by atoms with Gasteiger partial charge in [0, 0.05) is 105 Å². The normalized spacial score (nSPS) is 14.2. The van der Waals surface area contributed by atoms with Crippen LogP contribution in [0.4, 0.5) is 82.9 Å². The number of halogens is 15. The maximum atomic E-state index is 14.9. The molecule has 0 saturated carbocycles. The SMILES string of the molecule is CC[C@@H](Nc1cc(F)c(C(=O)N[C@@H](Cc2ccc(-c3c(C)n(C)c(=O)n(C)c3=O)c3c2CCCO3)C(=O)OC)c(F)c1)C(F)(F)F.CC[C@@H](Nc1cc(F)c(C(=O)N[C@@H](Cc2ccc(-c3c(C)n(C)c(=O)n(C)c3=O)c3c2CCCO3)C(=O)OC)c(F)c1)C(F)(F)F.COC(=O)[C@H](Cc1ccc(-c2c(C)cc(C)n(C)c2=O)c2c1CCCO2)NC(=O)c1c(F)cc(N[C@H](C)C(F)(F)F)cc1F. The van der Waals surface area contributed by atoms with Gasteiger partial charge < -0.3 is 74.0 Å². The molecule has 43 heteroatoms. The van der Waals surface area contributed by atoms with Crippen LogP contribution in [0.15, 0.2) is 103 Å². The average Bonchev–Trinajstić information content (AvgIpc) is 0.756. The monoisotopic (exact) mass is 1930 g/mol. The Morgan fingerprint density at radius 2 is 0.676 bits per heavy atom. The molecule has 12 rings (SSSR count). The lowest BCUT2D eigenvalue weighted by atomic mass is 9.89. The van der Waals surface area contributed by atoms with E-state index in [1.165, 1.54) is 55.7 Å². The molecule has 0 fully saturated rings. The van der Waals surface area contributed by atoms with Gasteiger partial charge in [-0.25, -0.2) is 50.3 Å². The first-order valence-electron chi connectivity index (χ1n) is 42.5. The summed E-state index contributed by atoms with van der Waals surface area (Å²) in [6.45, 7) is 11.2. The van der Waals surface area contributed by atoms with Crippen LogP contribution in [0.5, 0.6) is 17.2 Å². The number of aromatic nitrogens is 5. The molecule has 3 amide bonds. The molecule has 0 unspecified atom stereocenters. The average molecular weight is 1930 g/mol. The molecular weight excluding hydrogens is 1830 g/mol. The molecule has 0 saturated heterocycles. The zero-order valence-electron chi connectivity index (χ0n) is 76.2. The number of rotatable bonds is 26. The Balaban J connectivity index is 0.000000211. The number of fused-ring (bicyclic) bond motifs is 3. The number of amides is 3. The third kappa shape index (κ3) is 22.7. The van der Waals surface area contributed by atoms with Crippen LogP contribution in [0.25, 0.3) is 33.4 Å². The first kappa shape index (κ1) is 104. The van der Waals surface area contributed by atoms with Gasteiger partial charge in [-0.1, -0.05) is 50.2 Å². The van der Waals surface area contributed by atoms with Gasteiger partial charge in [0.1, 0.15) is 105 Å². The number of nitrogens with zero attached hydrogens (tertiary/aromatic N) is 5. The topological polar surface area (TPSA) is 340 Å². The summed E-state index contributed by atoms with van der Waals surface area (Å²) in [5.41, 5.74) is 1.28. The molecule has 6 N–H and O–H groups in total. The molecule has 0 bridgehead atoms. The molecule has 3 aromatic heterocycles. The second kappa shape index (κ2) is 42.8. The van der Waals surface area contributed by atoms with E-state index in [4.69, 9.17) is 28.4 Å². The van der Waals surface area contributed by atoms with Crippen molar-refractivity contribution in [2.75, 3.05) is 57.1 Å². The fourth-order valence-corrected chi connectivity index (χ4v) is 16.1. The summed E-state index contributed by atoms with van der Waals surface area (Å²) in [6.07, 6.45) is -12.1. The van der Waals surface area contributed by atoms with Crippen molar-refractivity contribution < 1.29 is 123 Å². The maximum absolute atomic E-state index is 14.9. The minimum atomic E-state index is -4.68. The zero-order valence-corrected chi connectivity index (χ0v) is 76.2. The Morgan fingerprint density at radius 3 is 0.949 bits per heavy atom. The van der Waals surface area contributed by atoms with Gasteiger partial charge in [0.25, 0.3) is 34.4 Å². The van der Waals surface area contributed by atoms with Crippen LogP contribution in [-0.2, 0) is 102 Å². The van der Waals surface area contributed by atoms with Crippen molar-refractivity contribution in [3.63, 3.8) is 0 Å². The fourth-order valence-electron chi connectivity index (χ4n) is 16.1. The minimum absolute atomic E-state index is 0.138. The quantitative estimate of drug-likeness (QED) is 0.0167. The number of carbonyl (C=O) groups excluding carboxylic acids is 6. The van der Waals surface area contributed by atoms with Crippen molar-refractivity contribution in [1.29, 1.82) is 0 Å². The van der Waals surface area contributed by atoms with Gasteiger partial charge in [-0.05, 0) is 167 Å². The van der Waals surface area contributed by atoms with E-state index in [0.29, 0.717) is 179 Å². The largest absolute Gasteiger partial charge is 0.493 e. The summed E-state index contributed by atoms with van der Waals surface area (Å²) in [7, 11) is 10.7. The van der Waals surface area contributed by atoms with Crippen molar-refractivity contribution in [3.8, 4) is 50.6 Å². The van der Waals surface area contributed by atoms with Crippen molar-refractivity contribution in [2.24, 2.45) is 35.2 Å². The predicted octanol–water partition coefficient (Wildman–Crippen LogP) is 13.0. The number of hydrogen-bond donors (Lipinski definition) is 6. The van der Waals surface area contributed by atoms with Crippen LogP contribution in [0.1, 0.15) is 140 Å². The highest BCUT2D eigenvalue weighted by atomic mass is 19.4. The van der Waals surface area contributed by atoms with Crippen molar-refractivity contribution in [1.82, 2.24) is 38.8 Å². The van der Waals surface area contributed by atoms with Crippen LogP contribution in [-0.4, -0.2) is 154 Å². The number of methoxy groups -OCH3 is 3. The van der Waals surface area contributed by atoms with Gasteiger partial charge >= 0.3 is 47.8 Å². The van der Waals surface area contributed by atoms with E-state index in [2.05, 4.69) is 16.0 Å². The molecular formula is C93H98F15N11O17. The van der Waals surface area contributed by atoms with Crippen molar-refractivity contribution in [3.05, 3.63) is 239 Å². The van der Waals surface area contributed by atoms with E-state index in [1.54, 1.807) is 57.3 Å². The molecule has 3 aliphatic rings. The summed E-state index contributed by atoms with van der Waals surface area (Å²) in [6, 6.07) is 4.62. The number of benzene rings is 6. The highest BCUT2D eigenvalue weighted by molar-refractivity contribution is 6.00. The van der Waals surface area contributed by atoms with E-state index < -0.39 is 194 Å². The van der Waals surface area contributed by atoms with Gasteiger partial charge in [0.2, 0.25) is 0 Å². The summed E-state index contributed by atoms with van der Waals surface area (Å²) < 4.78 is 246. The Morgan fingerprint density at radius 1 is 0.397 bits per heavy atom. The second-order valence-electron chi connectivity index (χ2n) is 32.5. The van der Waals surface area contributed by atoms with Gasteiger partial charge in [-0.3, -0.25) is 37.9 Å². The lowest BCUT2D eigenvalue weighted by molar-refractivity contribution is -0.143. The molecule has 136 heavy (non-hydrogen) atoms. The molecule has 3 aliphatic heterocycles. The first-order chi connectivity index (χ1) is 63.8. The van der Waals surface area contributed by atoms with E-state index in [-0.39, 0.29) is 35.9 Å². The van der Waals surface area contributed by atoms with Gasteiger partial charge in [0.15, 0.2) is 0 Å². The Labute approximate surface area is 766 Å². The Kier molecular flexibility index (Phi) is 32.8.